The summed E-state index contributed by atoms with van der Waals surface area (Å²) in [6.07, 6.45) is 5.32. The third-order valence-electron chi connectivity index (χ3n) is 6.35. The highest BCUT2D eigenvalue weighted by Crippen LogP contribution is 2.32. The highest BCUT2D eigenvalue weighted by molar-refractivity contribution is 7.89. The highest BCUT2D eigenvalue weighted by atomic mass is 32.2. The van der Waals surface area contributed by atoms with Crippen LogP contribution in [0.3, 0.4) is 0 Å². The Morgan fingerprint density at radius 2 is 1.97 bits per heavy atom. The van der Waals surface area contributed by atoms with E-state index in [1.54, 1.807) is 48.6 Å². The SMILES string of the molecule is COc1cccc(-n2cc(COc3ccc(-c4csc(=O)n4C)cc3S(=O)(=O)NC3CCCC3)nn2)c1. The molecule has 1 N–H and O–H groups in total. The number of ether oxygens (including phenoxy) is 2. The van der Waals surface area contributed by atoms with E-state index in [0.29, 0.717) is 22.7 Å². The number of aromatic nitrogens is 4. The van der Waals surface area contributed by atoms with Crippen molar-refractivity contribution in [3.8, 4) is 28.4 Å². The molecule has 194 valence electrons. The Hall–Kier alpha value is -3.48. The normalized spacial score (nSPS) is 14.2. The average molecular weight is 542 g/mol. The lowest BCUT2D eigenvalue weighted by Gasteiger charge is -2.17. The van der Waals surface area contributed by atoms with Crippen molar-refractivity contribution in [3.63, 3.8) is 0 Å². The molecular formula is C25H27N5O5S2. The van der Waals surface area contributed by atoms with Gasteiger partial charge in [0.15, 0.2) is 0 Å². The first-order valence-electron chi connectivity index (χ1n) is 11.8. The second-order valence-electron chi connectivity index (χ2n) is 8.85. The number of rotatable bonds is 9. The number of nitrogens with zero attached hydrogens (tertiary/aromatic N) is 4. The van der Waals surface area contributed by atoms with Gasteiger partial charge in [0, 0.05) is 30.1 Å². The minimum atomic E-state index is -3.87. The maximum atomic E-state index is 13.4. The lowest BCUT2D eigenvalue weighted by atomic mass is 10.1. The summed E-state index contributed by atoms with van der Waals surface area (Å²) in [6.45, 7) is 0.0200. The molecule has 1 aliphatic rings. The van der Waals surface area contributed by atoms with Gasteiger partial charge in [0.2, 0.25) is 10.0 Å². The molecule has 0 saturated heterocycles. The van der Waals surface area contributed by atoms with Crippen LogP contribution in [0.5, 0.6) is 11.5 Å². The van der Waals surface area contributed by atoms with Crippen molar-refractivity contribution in [3.05, 3.63) is 69.4 Å². The minimum absolute atomic E-state index is 0.0200. The van der Waals surface area contributed by atoms with Gasteiger partial charge >= 0.3 is 4.87 Å². The Balaban J connectivity index is 1.43. The van der Waals surface area contributed by atoms with Crippen molar-refractivity contribution in [1.82, 2.24) is 24.3 Å². The predicted molar refractivity (Wildman–Crippen MR) is 140 cm³/mol. The van der Waals surface area contributed by atoms with Gasteiger partial charge in [0.1, 0.15) is 28.7 Å². The molecule has 2 aromatic heterocycles. The molecular weight excluding hydrogens is 514 g/mol. The van der Waals surface area contributed by atoms with Crippen LogP contribution >= 0.6 is 11.3 Å². The van der Waals surface area contributed by atoms with E-state index < -0.39 is 10.0 Å². The van der Waals surface area contributed by atoms with Crippen molar-refractivity contribution in [1.29, 1.82) is 0 Å². The lowest BCUT2D eigenvalue weighted by molar-refractivity contribution is 0.293. The van der Waals surface area contributed by atoms with Gasteiger partial charge in [0.05, 0.1) is 24.7 Å². The van der Waals surface area contributed by atoms with E-state index in [4.69, 9.17) is 9.47 Å². The number of hydrogen-bond donors (Lipinski definition) is 1. The zero-order valence-electron chi connectivity index (χ0n) is 20.5. The second-order valence-corrected chi connectivity index (χ2v) is 11.4. The number of benzene rings is 2. The topological polar surface area (TPSA) is 117 Å². The Kier molecular flexibility index (Phi) is 7.13. The van der Waals surface area contributed by atoms with Crippen molar-refractivity contribution in [2.75, 3.05) is 7.11 Å². The van der Waals surface area contributed by atoms with Gasteiger partial charge in [-0.3, -0.25) is 4.79 Å². The molecule has 10 nitrogen and oxygen atoms in total. The molecule has 0 atom stereocenters. The quantitative estimate of drug-likeness (QED) is 0.345. The summed E-state index contributed by atoms with van der Waals surface area (Å²) in [5.74, 6) is 0.893. The zero-order valence-corrected chi connectivity index (χ0v) is 22.1. The van der Waals surface area contributed by atoms with E-state index in [1.165, 1.54) is 4.57 Å². The standard InChI is InChI=1S/C25H27N5O5S2/c1-29-22(16-36-25(29)31)17-10-11-23(24(12-17)37(32,33)27-18-6-3-4-7-18)35-15-19-14-30(28-26-19)20-8-5-9-21(13-20)34-2/h5,8-14,16,18,27H,3-4,6-7,15H2,1-2H3. The molecule has 0 bridgehead atoms. The van der Waals surface area contributed by atoms with Gasteiger partial charge in [-0.05, 0) is 43.2 Å². The average Bonchev–Trinajstić information content (AvgIpc) is 3.66. The number of methoxy groups -OCH3 is 1. The van der Waals surface area contributed by atoms with E-state index in [0.717, 1.165) is 42.7 Å². The van der Waals surface area contributed by atoms with Gasteiger partial charge < -0.3 is 14.0 Å². The number of sulfonamides is 1. The van der Waals surface area contributed by atoms with Gasteiger partial charge in [-0.15, -0.1) is 5.10 Å². The fourth-order valence-electron chi connectivity index (χ4n) is 4.34. The molecule has 1 saturated carbocycles. The van der Waals surface area contributed by atoms with Crippen molar-refractivity contribution in [2.24, 2.45) is 7.05 Å². The zero-order chi connectivity index (χ0) is 26.0. The molecule has 1 aliphatic carbocycles. The molecule has 5 rings (SSSR count). The van der Waals surface area contributed by atoms with Crippen LogP contribution < -0.4 is 19.1 Å². The molecule has 1 fully saturated rings. The van der Waals surface area contributed by atoms with E-state index in [9.17, 15) is 13.2 Å². The van der Waals surface area contributed by atoms with Crippen LogP contribution in [0.25, 0.3) is 16.9 Å². The molecule has 0 amide bonds. The summed E-state index contributed by atoms with van der Waals surface area (Å²) >= 11 is 1.07. The fraction of sp³-hybridized carbons (Fsp3) is 0.320. The van der Waals surface area contributed by atoms with Crippen LogP contribution in [0, 0.1) is 0 Å². The molecule has 12 heteroatoms. The predicted octanol–water partition coefficient (Wildman–Crippen LogP) is 3.50. The van der Waals surface area contributed by atoms with Gasteiger partial charge in [0.25, 0.3) is 0 Å². The maximum absolute atomic E-state index is 13.4. The first kappa shape index (κ1) is 25.2. The Bertz CT molecular complexity index is 1570. The highest BCUT2D eigenvalue weighted by Gasteiger charge is 2.27. The Morgan fingerprint density at radius 3 is 2.70 bits per heavy atom. The first-order chi connectivity index (χ1) is 17.8. The fourth-order valence-corrected chi connectivity index (χ4v) is 6.58. The molecule has 4 aromatic rings. The number of nitrogens with one attached hydrogen (secondary N) is 1. The molecule has 0 radical (unpaired) electrons. The van der Waals surface area contributed by atoms with Crippen molar-refractivity contribution in [2.45, 2.75) is 43.2 Å². The molecule has 0 unspecified atom stereocenters. The van der Waals surface area contributed by atoms with Crippen LogP contribution in [-0.2, 0) is 23.7 Å². The smallest absolute Gasteiger partial charge is 0.307 e. The number of hydrogen-bond acceptors (Lipinski definition) is 8. The summed E-state index contributed by atoms with van der Waals surface area (Å²) in [7, 11) is -0.620. The van der Waals surface area contributed by atoms with Gasteiger partial charge in [-0.25, -0.2) is 17.8 Å². The van der Waals surface area contributed by atoms with Crippen LogP contribution in [-0.4, -0.2) is 41.1 Å². The lowest BCUT2D eigenvalue weighted by Crippen LogP contribution is -2.33. The summed E-state index contributed by atoms with van der Waals surface area (Å²) in [5.41, 5.74) is 2.55. The molecule has 0 spiro atoms. The number of thiazole rings is 1. The Morgan fingerprint density at radius 1 is 1.16 bits per heavy atom. The summed E-state index contributed by atoms with van der Waals surface area (Å²) in [5, 5.41) is 10.0. The van der Waals surface area contributed by atoms with Gasteiger partial charge in [-0.2, -0.15) is 0 Å². The largest absolute Gasteiger partial charge is 0.497 e. The minimum Gasteiger partial charge on any atom is -0.497 e. The van der Waals surface area contributed by atoms with E-state index in [-0.39, 0.29) is 28.2 Å². The maximum Gasteiger partial charge on any atom is 0.307 e. The summed E-state index contributed by atoms with van der Waals surface area (Å²) < 4.78 is 44.0. The third kappa shape index (κ3) is 5.45. The van der Waals surface area contributed by atoms with E-state index in [2.05, 4.69) is 15.0 Å². The molecule has 2 heterocycles. The first-order valence-corrected chi connectivity index (χ1v) is 14.2. The third-order valence-corrected chi connectivity index (χ3v) is 8.71. The second kappa shape index (κ2) is 10.5. The Labute approximate surface area is 218 Å². The van der Waals surface area contributed by atoms with E-state index >= 15 is 0 Å². The van der Waals surface area contributed by atoms with Crippen LogP contribution in [0.4, 0.5) is 0 Å². The molecule has 2 aromatic carbocycles. The summed E-state index contributed by atoms with van der Waals surface area (Å²) in [4.78, 5) is 11.9. The monoisotopic (exact) mass is 541 g/mol. The van der Waals surface area contributed by atoms with Crippen LogP contribution in [0.2, 0.25) is 0 Å². The van der Waals surface area contributed by atoms with Crippen LogP contribution in [0.1, 0.15) is 31.4 Å². The van der Waals surface area contributed by atoms with Crippen LogP contribution in [0.15, 0.2) is 63.7 Å². The summed E-state index contributed by atoms with van der Waals surface area (Å²) in [6, 6.07) is 12.2. The van der Waals surface area contributed by atoms with E-state index in [1.807, 2.05) is 24.3 Å². The van der Waals surface area contributed by atoms with Gasteiger partial charge in [-0.1, -0.05) is 35.5 Å². The molecule has 0 aliphatic heterocycles. The van der Waals surface area contributed by atoms with Crippen molar-refractivity contribution < 1.29 is 17.9 Å². The van der Waals surface area contributed by atoms with Crippen molar-refractivity contribution >= 4 is 21.4 Å². The molecule has 37 heavy (non-hydrogen) atoms.